The molecule has 0 aliphatic carbocycles. The third-order valence-electron chi connectivity index (χ3n) is 15.9. The van der Waals surface area contributed by atoms with E-state index >= 15 is 0 Å². The minimum Gasteiger partial charge on any atom is -0.464 e. The van der Waals surface area contributed by atoms with Crippen LogP contribution in [-0.4, -0.2) is 148 Å². The van der Waals surface area contributed by atoms with Crippen molar-refractivity contribution in [2.45, 2.75) is 150 Å². The second kappa shape index (κ2) is 23.2. The molecule has 6 heterocycles. The van der Waals surface area contributed by atoms with Gasteiger partial charge in [-0.3, -0.25) is 38.9 Å². The number of aryl methyl sites for hydroxylation is 1. The zero-order valence-corrected chi connectivity index (χ0v) is 46.8. The van der Waals surface area contributed by atoms with Crippen LogP contribution in [-0.2, 0) is 57.6 Å². The molecule has 4 aliphatic heterocycles. The number of esters is 1. The Morgan fingerprint density at radius 1 is 1.00 bits per heavy atom. The lowest BCUT2D eigenvalue weighted by Gasteiger charge is -2.46. The minimum atomic E-state index is -1.07. The van der Waals surface area contributed by atoms with Gasteiger partial charge in [-0.25, -0.2) is 5.43 Å². The summed E-state index contributed by atoms with van der Waals surface area (Å²) in [5.74, 6) is 3.30. The number of hydrogen-bond acceptors (Lipinski definition) is 11. The highest BCUT2D eigenvalue weighted by Crippen LogP contribution is 2.42. The molecule has 4 aromatic rings. The Kier molecular flexibility index (Phi) is 17.1. The highest BCUT2D eigenvalue weighted by Gasteiger charge is 2.41. The molecular weight excluding hydrogens is 961 g/mol. The van der Waals surface area contributed by atoms with E-state index in [1.54, 1.807) is 25.3 Å². The van der Waals surface area contributed by atoms with Crippen LogP contribution in [0.4, 0.5) is 0 Å². The van der Waals surface area contributed by atoms with Crippen molar-refractivity contribution in [3.05, 3.63) is 77.6 Å². The number of amides is 4. The van der Waals surface area contributed by atoms with Crippen LogP contribution >= 0.6 is 0 Å². The molecule has 2 aromatic carbocycles. The van der Waals surface area contributed by atoms with Gasteiger partial charge in [-0.05, 0) is 126 Å². The third kappa shape index (κ3) is 11.9. The van der Waals surface area contributed by atoms with Gasteiger partial charge in [0.2, 0.25) is 11.8 Å². The molecule has 4 aliphatic rings. The Bertz CT molecular complexity index is 2870. The van der Waals surface area contributed by atoms with Gasteiger partial charge in [-0.2, -0.15) is 0 Å². The fraction of sp³-hybridized carbons (Fsp3) is 0.567. The number of benzene rings is 2. The van der Waals surface area contributed by atoms with Crippen LogP contribution in [0.15, 0.2) is 60.8 Å². The van der Waals surface area contributed by atoms with Gasteiger partial charge in [0, 0.05) is 86.9 Å². The SMILES string of the molecule is CCn1c(-c2cccnc2[C@H](C)OC)c2c3cc(ccc31)-c1cccc(c1)C[C@H](NC(=O)C(C(C)C)N(C)C(=O)[C@H]1CCN(C(=O)C#CC(C)(C)N3[C@H](C)COC[C@@H]3C)C1)C(=O)N1CCC[C@H](N1)C(=O)OCC(C)(C)C2. The van der Waals surface area contributed by atoms with Crippen LogP contribution in [0.3, 0.4) is 0 Å². The Morgan fingerprint density at radius 3 is 2.45 bits per heavy atom. The largest absolute Gasteiger partial charge is 0.464 e. The van der Waals surface area contributed by atoms with Crippen molar-refractivity contribution in [1.29, 1.82) is 0 Å². The summed E-state index contributed by atoms with van der Waals surface area (Å²) >= 11 is 0. The summed E-state index contributed by atoms with van der Waals surface area (Å²) in [4.78, 5) is 81.8. The maximum absolute atomic E-state index is 14.9. The molecule has 76 heavy (non-hydrogen) atoms. The first kappa shape index (κ1) is 56.1. The lowest BCUT2D eigenvalue weighted by molar-refractivity contribution is -0.155. The summed E-state index contributed by atoms with van der Waals surface area (Å²) in [5, 5.41) is 5.61. The van der Waals surface area contributed by atoms with Crippen molar-refractivity contribution < 1.29 is 38.2 Å². The number of aromatic nitrogens is 2. The van der Waals surface area contributed by atoms with Crippen LogP contribution < -0.4 is 10.7 Å². The normalized spacial score (nSPS) is 23.3. The number of likely N-dealkylation sites (tertiary alicyclic amines) is 1. The number of methoxy groups -OCH3 is 1. The molecule has 0 saturated carbocycles. The predicted octanol–water partition coefficient (Wildman–Crippen LogP) is 6.97. The Morgan fingerprint density at radius 2 is 1.74 bits per heavy atom. The van der Waals surface area contributed by atoms with E-state index < -0.39 is 52.8 Å². The van der Waals surface area contributed by atoms with Gasteiger partial charge in [0.05, 0.1) is 48.8 Å². The molecule has 4 amide bonds. The number of likely N-dealkylation sites (N-methyl/N-ethyl adjacent to an activating group) is 1. The van der Waals surface area contributed by atoms with Crippen molar-refractivity contribution in [2.24, 2.45) is 17.3 Å². The van der Waals surface area contributed by atoms with E-state index in [0.29, 0.717) is 58.5 Å². The summed E-state index contributed by atoms with van der Waals surface area (Å²) in [7, 11) is 3.31. The number of hydrazine groups is 1. The molecular formula is C60H80N8O8. The molecule has 16 nitrogen and oxygen atoms in total. The lowest BCUT2D eigenvalue weighted by Crippen LogP contribution is -2.62. The molecule has 16 heteroatoms. The summed E-state index contributed by atoms with van der Waals surface area (Å²) in [6, 6.07) is 16.1. The van der Waals surface area contributed by atoms with Gasteiger partial charge in [-0.15, -0.1) is 0 Å². The molecule has 6 bridgehead atoms. The maximum Gasteiger partial charge on any atom is 0.324 e. The molecule has 2 aromatic heterocycles. The number of carbonyl (C=O) groups excluding carboxylic acids is 5. The number of rotatable bonds is 10. The molecule has 0 spiro atoms. The standard InChI is InChI=1S/C60H80N8O8/c1-13-66-50-22-21-43-31-46(50)47(54(66)45-19-15-26-61-52(45)40(6)74-12)32-59(7,8)36-76-58(73)48-20-16-27-67(63-48)57(72)49(30-41-17-14-18-42(43)29-41)62-55(70)53(37(2)3)64(11)56(71)44-24-28-65(33-44)51(69)23-25-60(9,10)68-38(4)34-75-35-39(68)5/h14-15,17-19,21-22,26,29,31,37-40,44,48-49,53,63H,13,16,20,24,27-28,30,32-36H2,1-12H3,(H,62,70)/t38-,39+,40-,44-,48-,49-,53?/m0/s1. The summed E-state index contributed by atoms with van der Waals surface area (Å²) in [6.07, 6.45) is 3.68. The number of ether oxygens (including phenoxy) is 3. The van der Waals surface area contributed by atoms with E-state index in [0.717, 1.165) is 50.1 Å². The van der Waals surface area contributed by atoms with E-state index in [2.05, 4.69) is 103 Å². The number of fused-ring (bicyclic) bond motifs is 6. The van der Waals surface area contributed by atoms with Crippen LogP contribution in [0.5, 0.6) is 0 Å². The lowest BCUT2D eigenvalue weighted by atomic mass is 9.84. The predicted molar refractivity (Wildman–Crippen MR) is 293 cm³/mol. The van der Waals surface area contributed by atoms with Gasteiger partial charge in [-0.1, -0.05) is 63.9 Å². The van der Waals surface area contributed by atoms with Crippen LogP contribution in [0.25, 0.3) is 33.3 Å². The van der Waals surface area contributed by atoms with E-state index in [1.807, 2.05) is 52.8 Å². The first-order chi connectivity index (χ1) is 36.1. The van der Waals surface area contributed by atoms with E-state index in [4.69, 9.17) is 19.2 Å². The van der Waals surface area contributed by atoms with Crippen molar-refractivity contribution in [3.8, 4) is 34.2 Å². The van der Waals surface area contributed by atoms with Crippen molar-refractivity contribution in [1.82, 2.24) is 40.0 Å². The quantitative estimate of drug-likeness (QED) is 0.124. The number of pyridine rings is 1. The zero-order valence-electron chi connectivity index (χ0n) is 46.8. The molecule has 0 radical (unpaired) electrons. The van der Waals surface area contributed by atoms with Crippen molar-refractivity contribution in [2.75, 3.05) is 53.6 Å². The maximum atomic E-state index is 14.9. The van der Waals surface area contributed by atoms with E-state index in [9.17, 15) is 24.0 Å². The fourth-order valence-corrected chi connectivity index (χ4v) is 12.2. The van der Waals surface area contributed by atoms with Gasteiger partial charge in [0.1, 0.15) is 18.1 Å². The van der Waals surface area contributed by atoms with E-state index in [-0.39, 0.29) is 55.5 Å². The van der Waals surface area contributed by atoms with Gasteiger partial charge in [0.15, 0.2) is 0 Å². The monoisotopic (exact) mass is 1040 g/mol. The molecule has 2 N–H and O–H groups in total. The molecule has 3 saturated heterocycles. The second-order valence-corrected chi connectivity index (χ2v) is 23.2. The molecule has 1 unspecified atom stereocenters. The number of hydrogen-bond donors (Lipinski definition) is 2. The van der Waals surface area contributed by atoms with E-state index in [1.165, 1.54) is 9.91 Å². The average molecular weight is 1040 g/mol. The second-order valence-electron chi connectivity index (χ2n) is 23.2. The minimum absolute atomic E-state index is 0.129. The van der Waals surface area contributed by atoms with Gasteiger partial charge in [0.25, 0.3) is 11.8 Å². The number of nitrogens with zero attached hydrogens (tertiary/aromatic N) is 6. The summed E-state index contributed by atoms with van der Waals surface area (Å²) in [5.41, 5.74) is 9.87. The fourth-order valence-electron chi connectivity index (χ4n) is 12.2. The van der Waals surface area contributed by atoms with Gasteiger partial charge < -0.3 is 33.9 Å². The summed E-state index contributed by atoms with van der Waals surface area (Å²) < 4.78 is 20.1. The molecule has 7 atom stereocenters. The number of nitrogens with one attached hydrogen (secondary N) is 2. The Hall–Kier alpha value is -6.12. The molecule has 8 rings (SSSR count). The Balaban J connectivity index is 1.08. The third-order valence-corrected chi connectivity index (χ3v) is 15.9. The van der Waals surface area contributed by atoms with Gasteiger partial charge >= 0.3 is 5.97 Å². The highest BCUT2D eigenvalue weighted by molar-refractivity contribution is 5.97. The molecule has 408 valence electrons. The highest BCUT2D eigenvalue weighted by atomic mass is 16.5. The average Bonchev–Trinajstić information content (AvgIpc) is 4.01. The first-order valence-corrected chi connectivity index (χ1v) is 27.3. The number of cyclic esters (lactones) is 1. The first-order valence-electron chi connectivity index (χ1n) is 27.3. The van der Waals surface area contributed by atoms with Crippen LogP contribution in [0, 0.1) is 29.1 Å². The number of morpholine rings is 1. The van der Waals surface area contributed by atoms with Crippen LogP contribution in [0.2, 0.25) is 0 Å². The smallest absolute Gasteiger partial charge is 0.324 e. The van der Waals surface area contributed by atoms with Crippen molar-refractivity contribution in [3.63, 3.8) is 0 Å². The topological polar surface area (TPSA) is 168 Å². The zero-order chi connectivity index (χ0) is 54.8. The van der Waals surface area contributed by atoms with Crippen molar-refractivity contribution >= 4 is 40.5 Å². The Labute approximate surface area is 449 Å². The van der Waals surface area contributed by atoms with Crippen LogP contribution in [0.1, 0.15) is 111 Å². The summed E-state index contributed by atoms with van der Waals surface area (Å²) in [6.45, 7) is 23.2. The molecule has 3 fully saturated rings. The number of carbonyl (C=O) groups is 5.